The first-order valence-electron chi connectivity index (χ1n) is 4.62. The van der Waals surface area contributed by atoms with Crippen LogP contribution in [-0.4, -0.2) is 13.4 Å². The molecular formula is C11H14O2. The molecule has 70 valence electrons. The Morgan fingerprint density at radius 3 is 2.69 bits per heavy atom. The summed E-state index contributed by atoms with van der Waals surface area (Å²) < 4.78 is 10.8. The molecule has 0 saturated carbocycles. The lowest BCUT2D eigenvalue weighted by molar-refractivity contribution is -0.168. The maximum atomic E-state index is 5.55. The zero-order valence-corrected chi connectivity index (χ0v) is 7.77. The highest BCUT2D eigenvalue weighted by atomic mass is 16.7. The normalized spacial score (nSPS) is 28.7. The molecule has 1 aliphatic rings. The summed E-state index contributed by atoms with van der Waals surface area (Å²) in [5.41, 5.74) is 1.25. The second-order valence-electron chi connectivity index (χ2n) is 3.46. The van der Waals surface area contributed by atoms with Crippen molar-refractivity contribution in [3.05, 3.63) is 35.9 Å². The molecule has 13 heavy (non-hydrogen) atoms. The Balaban J connectivity index is 2.15. The van der Waals surface area contributed by atoms with E-state index in [9.17, 15) is 0 Å². The molecule has 1 aromatic carbocycles. The first kappa shape index (κ1) is 8.73. The minimum Gasteiger partial charge on any atom is -0.355 e. The summed E-state index contributed by atoms with van der Waals surface area (Å²) in [7, 11) is 0. The standard InChI is InChI=1S/C11H14O2/c1-9-7-12-8-13-11(9)10-5-3-2-4-6-10/h2-6,9,11H,7-8H2,1H3/t9-,11+/m1/s1. The maximum absolute atomic E-state index is 5.55. The van der Waals surface area contributed by atoms with E-state index in [0.29, 0.717) is 12.7 Å². The van der Waals surface area contributed by atoms with Crippen LogP contribution in [0, 0.1) is 5.92 Å². The number of hydrogen-bond acceptors (Lipinski definition) is 2. The van der Waals surface area contributed by atoms with E-state index >= 15 is 0 Å². The summed E-state index contributed by atoms with van der Waals surface area (Å²) in [6.45, 7) is 3.36. The SMILES string of the molecule is C[C@@H]1COCO[C@@H]1c1ccccc1. The highest BCUT2D eigenvalue weighted by molar-refractivity contribution is 5.18. The molecule has 0 bridgehead atoms. The van der Waals surface area contributed by atoms with Gasteiger partial charge >= 0.3 is 0 Å². The minimum atomic E-state index is 0.204. The Kier molecular flexibility index (Phi) is 2.62. The molecule has 0 N–H and O–H groups in total. The smallest absolute Gasteiger partial charge is 0.147 e. The van der Waals surface area contributed by atoms with Crippen molar-refractivity contribution in [2.45, 2.75) is 13.0 Å². The van der Waals surface area contributed by atoms with Crippen LogP contribution >= 0.6 is 0 Å². The molecule has 1 fully saturated rings. The molecule has 1 saturated heterocycles. The molecular weight excluding hydrogens is 164 g/mol. The third-order valence-electron chi connectivity index (χ3n) is 2.36. The van der Waals surface area contributed by atoms with Crippen molar-refractivity contribution in [1.29, 1.82) is 0 Å². The van der Waals surface area contributed by atoms with Gasteiger partial charge in [0.2, 0.25) is 0 Å². The first-order chi connectivity index (χ1) is 6.38. The maximum Gasteiger partial charge on any atom is 0.147 e. The molecule has 0 aromatic heterocycles. The van der Waals surface area contributed by atoms with E-state index < -0.39 is 0 Å². The Hall–Kier alpha value is -0.860. The van der Waals surface area contributed by atoms with Crippen molar-refractivity contribution in [3.8, 4) is 0 Å². The van der Waals surface area contributed by atoms with Gasteiger partial charge < -0.3 is 9.47 Å². The van der Waals surface area contributed by atoms with E-state index in [1.165, 1.54) is 5.56 Å². The largest absolute Gasteiger partial charge is 0.355 e. The van der Waals surface area contributed by atoms with Gasteiger partial charge in [0, 0.05) is 5.92 Å². The fourth-order valence-corrected chi connectivity index (χ4v) is 1.67. The highest BCUT2D eigenvalue weighted by Gasteiger charge is 2.23. The minimum absolute atomic E-state index is 0.204. The molecule has 1 heterocycles. The van der Waals surface area contributed by atoms with Gasteiger partial charge in [-0.15, -0.1) is 0 Å². The van der Waals surface area contributed by atoms with Gasteiger partial charge in [0.25, 0.3) is 0 Å². The zero-order chi connectivity index (χ0) is 9.10. The number of rotatable bonds is 1. The Morgan fingerprint density at radius 2 is 2.00 bits per heavy atom. The Labute approximate surface area is 78.5 Å². The van der Waals surface area contributed by atoms with Crippen molar-refractivity contribution in [1.82, 2.24) is 0 Å². The van der Waals surface area contributed by atoms with Crippen molar-refractivity contribution in [2.24, 2.45) is 5.92 Å². The van der Waals surface area contributed by atoms with Crippen LogP contribution in [-0.2, 0) is 9.47 Å². The summed E-state index contributed by atoms with van der Waals surface area (Å²) in [6, 6.07) is 10.3. The van der Waals surface area contributed by atoms with Gasteiger partial charge in [-0.05, 0) is 5.56 Å². The second kappa shape index (κ2) is 3.90. The summed E-state index contributed by atoms with van der Waals surface area (Å²) in [5, 5.41) is 0. The molecule has 2 nitrogen and oxygen atoms in total. The summed E-state index contributed by atoms with van der Waals surface area (Å²) in [4.78, 5) is 0. The summed E-state index contributed by atoms with van der Waals surface area (Å²) >= 11 is 0. The Morgan fingerprint density at radius 1 is 1.23 bits per heavy atom. The van der Waals surface area contributed by atoms with Crippen molar-refractivity contribution >= 4 is 0 Å². The van der Waals surface area contributed by atoms with Crippen LogP contribution in [0.5, 0.6) is 0 Å². The summed E-state index contributed by atoms with van der Waals surface area (Å²) in [5.74, 6) is 0.441. The van der Waals surface area contributed by atoms with Gasteiger partial charge in [-0.25, -0.2) is 0 Å². The van der Waals surface area contributed by atoms with Crippen LogP contribution in [0.2, 0.25) is 0 Å². The number of hydrogen-bond donors (Lipinski definition) is 0. The fourth-order valence-electron chi connectivity index (χ4n) is 1.67. The van der Waals surface area contributed by atoms with Crippen LogP contribution in [0.1, 0.15) is 18.6 Å². The van der Waals surface area contributed by atoms with E-state index in [1.807, 2.05) is 18.2 Å². The molecule has 0 spiro atoms. The lowest BCUT2D eigenvalue weighted by Gasteiger charge is -2.29. The van der Waals surface area contributed by atoms with Gasteiger partial charge in [-0.1, -0.05) is 37.3 Å². The van der Waals surface area contributed by atoms with Crippen molar-refractivity contribution in [2.75, 3.05) is 13.4 Å². The summed E-state index contributed by atoms with van der Waals surface area (Å²) in [6.07, 6.45) is 0.204. The van der Waals surface area contributed by atoms with Crippen LogP contribution < -0.4 is 0 Å². The van der Waals surface area contributed by atoms with E-state index in [1.54, 1.807) is 0 Å². The number of benzene rings is 1. The first-order valence-corrected chi connectivity index (χ1v) is 4.62. The van der Waals surface area contributed by atoms with Crippen LogP contribution in [0.25, 0.3) is 0 Å². The predicted molar refractivity (Wildman–Crippen MR) is 50.3 cm³/mol. The van der Waals surface area contributed by atoms with E-state index in [-0.39, 0.29) is 6.10 Å². The highest BCUT2D eigenvalue weighted by Crippen LogP contribution is 2.28. The van der Waals surface area contributed by atoms with E-state index in [2.05, 4.69) is 19.1 Å². The second-order valence-corrected chi connectivity index (χ2v) is 3.46. The van der Waals surface area contributed by atoms with Crippen LogP contribution in [0.4, 0.5) is 0 Å². The predicted octanol–water partition coefficient (Wildman–Crippen LogP) is 2.37. The topological polar surface area (TPSA) is 18.5 Å². The van der Waals surface area contributed by atoms with E-state index in [0.717, 1.165) is 6.61 Å². The van der Waals surface area contributed by atoms with Gasteiger partial charge in [-0.2, -0.15) is 0 Å². The van der Waals surface area contributed by atoms with E-state index in [4.69, 9.17) is 9.47 Å². The molecule has 0 amide bonds. The number of ether oxygens (including phenoxy) is 2. The molecule has 0 aliphatic carbocycles. The lowest BCUT2D eigenvalue weighted by atomic mass is 9.97. The van der Waals surface area contributed by atoms with Crippen molar-refractivity contribution in [3.63, 3.8) is 0 Å². The van der Waals surface area contributed by atoms with Gasteiger partial charge in [0.1, 0.15) is 6.79 Å². The molecule has 1 aromatic rings. The van der Waals surface area contributed by atoms with Gasteiger partial charge in [-0.3, -0.25) is 0 Å². The van der Waals surface area contributed by atoms with Crippen LogP contribution in [0.15, 0.2) is 30.3 Å². The molecule has 0 radical (unpaired) electrons. The lowest BCUT2D eigenvalue weighted by Crippen LogP contribution is -2.25. The monoisotopic (exact) mass is 178 g/mol. The van der Waals surface area contributed by atoms with Crippen LogP contribution in [0.3, 0.4) is 0 Å². The Bertz CT molecular complexity index is 258. The molecule has 2 heteroatoms. The van der Waals surface area contributed by atoms with Gasteiger partial charge in [0.15, 0.2) is 0 Å². The molecule has 1 aliphatic heterocycles. The zero-order valence-electron chi connectivity index (χ0n) is 7.77. The molecule has 0 unspecified atom stereocenters. The fraction of sp³-hybridized carbons (Fsp3) is 0.455. The molecule has 2 rings (SSSR count). The van der Waals surface area contributed by atoms with Crippen molar-refractivity contribution < 1.29 is 9.47 Å². The average molecular weight is 178 g/mol. The van der Waals surface area contributed by atoms with Gasteiger partial charge in [0.05, 0.1) is 12.7 Å². The quantitative estimate of drug-likeness (QED) is 0.657. The average Bonchev–Trinajstić information content (AvgIpc) is 2.20. The molecule has 2 atom stereocenters. The third-order valence-corrected chi connectivity index (χ3v) is 2.36. The third kappa shape index (κ3) is 1.90.